The zero-order valence-electron chi connectivity index (χ0n) is 19.3. The zero-order valence-corrected chi connectivity index (χ0v) is 19.3. The molecule has 4 aromatic rings. The molecule has 4 heterocycles. The molecule has 0 aliphatic carbocycles. The van der Waals surface area contributed by atoms with Crippen LogP contribution in [0.15, 0.2) is 71.7 Å². The first kappa shape index (κ1) is 21.1. The number of pyridine rings is 1. The van der Waals surface area contributed by atoms with Gasteiger partial charge in [0.05, 0.1) is 5.56 Å². The molecule has 2 aromatic heterocycles. The Morgan fingerprint density at radius 1 is 1.03 bits per heavy atom. The van der Waals surface area contributed by atoms with Gasteiger partial charge in [-0.25, -0.2) is 4.98 Å². The number of para-hydroxylation sites is 1. The van der Waals surface area contributed by atoms with Crippen LogP contribution in [-0.2, 0) is 0 Å². The number of hydrogen-bond acceptors (Lipinski definition) is 5. The van der Waals surface area contributed by atoms with Crippen molar-refractivity contribution in [3.8, 4) is 11.1 Å². The molecule has 1 amide bonds. The van der Waals surface area contributed by atoms with E-state index in [-0.39, 0.29) is 5.91 Å². The second-order valence-electron chi connectivity index (χ2n) is 9.54. The van der Waals surface area contributed by atoms with E-state index in [2.05, 4.69) is 39.4 Å². The number of hydrogen-bond donors (Lipinski definition) is 1. The number of rotatable bonds is 4. The molecule has 1 N–H and O–H groups in total. The molecule has 0 saturated carbocycles. The summed E-state index contributed by atoms with van der Waals surface area (Å²) < 4.78 is 5.39. The van der Waals surface area contributed by atoms with Crippen molar-refractivity contribution >= 4 is 22.7 Å². The molecule has 172 valence electrons. The Balaban J connectivity index is 1.41. The third kappa shape index (κ3) is 3.68. The quantitative estimate of drug-likeness (QED) is 0.419. The number of fused-ring (bicyclic) bond motifs is 3. The van der Waals surface area contributed by atoms with Gasteiger partial charge >= 0.3 is 0 Å². The topological polar surface area (TPSA) is 71.3 Å². The first-order valence-electron chi connectivity index (χ1n) is 12.1. The van der Waals surface area contributed by atoms with E-state index in [1.807, 2.05) is 42.7 Å². The van der Waals surface area contributed by atoms with E-state index in [1.54, 1.807) is 6.07 Å². The fraction of sp³-hybridized carbons (Fsp3) is 0.321. The molecule has 2 aliphatic heterocycles. The maximum Gasteiger partial charge on any atom is 0.258 e. The van der Waals surface area contributed by atoms with Crippen LogP contribution in [0.2, 0.25) is 0 Å². The predicted molar refractivity (Wildman–Crippen MR) is 133 cm³/mol. The molecule has 2 fully saturated rings. The Kier molecular flexibility index (Phi) is 5.38. The molecule has 2 saturated heterocycles. The van der Waals surface area contributed by atoms with Gasteiger partial charge in [-0.1, -0.05) is 24.6 Å². The third-order valence-electron chi connectivity index (χ3n) is 7.70. The fourth-order valence-electron chi connectivity index (χ4n) is 5.98. The van der Waals surface area contributed by atoms with E-state index in [1.165, 1.54) is 31.2 Å². The molecule has 0 radical (unpaired) electrons. The van der Waals surface area contributed by atoms with Crippen LogP contribution in [-0.4, -0.2) is 39.9 Å². The van der Waals surface area contributed by atoms with Crippen LogP contribution >= 0.6 is 0 Å². The number of carbonyl (C=O) groups is 1. The molecule has 2 atom stereocenters. The summed E-state index contributed by atoms with van der Waals surface area (Å²) in [6.07, 6.45) is 11.2. The van der Waals surface area contributed by atoms with Gasteiger partial charge in [-0.15, -0.1) is 0 Å². The molecule has 6 nitrogen and oxygen atoms in total. The van der Waals surface area contributed by atoms with Crippen LogP contribution in [0, 0.1) is 0 Å². The number of carbonyl (C=O) groups excluding carboxylic acids is 1. The molecule has 0 spiro atoms. The Bertz CT molecular complexity index is 1320. The lowest BCUT2D eigenvalue weighted by Crippen LogP contribution is -2.49. The lowest BCUT2D eigenvalue weighted by atomic mass is 9.74. The molecular formula is C28H28N4O2. The maximum absolute atomic E-state index is 13.4. The Hall–Kier alpha value is -3.51. The lowest BCUT2D eigenvalue weighted by Gasteiger charge is -2.47. The highest BCUT2D eigenvalue weighted by Crippen LogP contribution is 2.45. The number of amides is 1. The number of nitrogens with zero attached hydrogens (tertiary/aromatic N) is 3. The van der Waals surface area contributed by atoms with E-state index in [9.17, 15) is 4.79 Å². The first-order valence-corrected chi connectivity index (χ1v) is 12.1. The van der Waals surface area contributed by atoms with E-state index < -0.39 is 0 Å². The van der Waals surface area contributed by atoms with Gasteiger partial charge in [-0.05, 0) is 80.1 Å². The van der Waals surface area contributed by atoms with Crippen LogP contribution in [0.3, 0.4) is 0 Å². The molecule has 6 rings (SSSR count). The van der Waals surface area contributed by atoms with Crippen molar-refractivity contribution in [3.63, 3.8) is 0 Å². The first-order chi connectivity index (χ1) is 16.7. The second-order valence-corrected chi connectivity index (χ2v) is 9.54. The summed E-state index contributed by atoms with van der Waals surface area (Å²) in [5.41, 5.74) is 5.99. The van der Waals surface area contributed by atoms with Gasteiger partial charge in [0.15, 0.2) is 12.0 Å². The van der Waals surface area contributed by atoms with Crippen LogP contribution in [0.4, 0.5) is 5.69 Å². The van der Waals surface area contributed by atoms with Gasteiger partial charge in [-0.2, -0.15) is 0 Å². The fourth-order valence-corrected chi connectivity index (χ4v) is 5.98. The normalized spacial score (nSPS) is 22.6. The average Bonchev–Trinajstić information content (AvgIpc) is 3.33. The molecule has 2 aromatic carbocycles. The van der Waals surface area contributed by atoms with E-state index in [0.29, 0.717) is 34.7 Å². The number of anilines is 1. The van der Waals surface area contributed by atoms with E-state index in [4.69, 9.17) is 4.42 Å². The van der Waals surface area contributed by atoms with Crippen LogP contribution < -0.4 is 5.32 Å². The summed E-state index contributed by atoms with van der Waals surface area (Å²) in [6, 6.07) is 17.1. The molecular weight excluding hydrogens is 424 g/mol. The number of aromatic nitrogens is 2. The largest absolute Gasteiger partial charge is 0.443 e. The van der Waals surface area contributed by atoms with E-state index >= 15 is 0 Å². The second kappa shape index (κ2) is 8.69. The van der Waals surface area contributed by atoms with Crippen molar-refractivity contribution < 1.29 is 9.21 Å². The SMILES string of the molecule is CN1C2CCCC1CC(c1cccc(NC(=O)c3cccc4ocnc34)c1-c1ccncc1)C2. The highest BCUT2D eigenvalue weighted by Gasteiger charge is 2.37. The number of nitrogens with one attached hydrogen (secondary N) is 1. The van der Waals surface area contributed by atoms with Crippen molar-refractivity contribution in [3.05, 3.63) is 78.4 Å². The number of oxazole rings is 1. The van der Waals surface area contributed by atoms with Crippen molar-refractivity contribution in [1.29, 1.82) is 0 Å². The summed E-state index contributed by atoms with van der Waals surface area (Å²) in [4.78, 5) is 24.5. The summed E-state index contributed by atoms with van der Waals surface area (Å²) in [5, 5.41) is 3.19. The standard InChI is InChI=1S/C28H28N4O2/c1-32-20-5-2-6-21(32)16-19(15-20)22-7-3-9-24(26(22)18-11-13-29-14-12-18)31-28(33)23-8-4-10-25-27(23)30-17-34-25/h3-4,7-14,17,19-21H,2,5-6,15-16H2,1H3,(H,31,33). The summed E-state index contributed by atoms with van der Waals surface area (Å²) in [5.74, 6) is 0.276. The highest BCUT2D eigenvalue weighted by molar-refractivity contribution is 6.12. The highest BCUT2D eigenvalue weighted by atomic mass is 16.3. The monoisotopic (exact) mass is 452 g/mol. The third-order valence-corrected chi connectivity index (χ3v) is 7.70. The van der Waals surface area contributed by atoms with Gasteiger partial charge < -0.3 is 14.6 Å². The van der Waals surface area contributed by atoms with Crippen molar-refractivity contribution in [2.45, 2.75) is 50.1 Å². The molecule has 2 bridgehead atoms. The number of benzene rings is 2. The predicted octanol–water partition coefficient (Wildman–Crippen LogP) is 5.87. The van der Waals surface area contributed by atoms with Crippen molar-refractivity contribution in [2.24, 2.45) is 0 Å². The minimum absolute atomic E-state index is 0.188. The Labute approximate surface area is 199 Å². The maximum atomic E-state index is 13.4. The smallest absolute Gasteiger partial charge is 0.258 e. The zero-order chi connectivity index (χ0) is 23.1. The van der Waals surface area contributed by atoms with Crippen LogP contribution in [0.25, 0.3) is 22.2 Å². The van der Waals surface area contributed by atoms with Gasteiger partial charge in [0.25, 0.3) is 5.91 Å². The molecule has 2 unspecified atom stereocenters. The molecule has 6 heteroatoms. The summed E-state index contributed by atoms with van der Waals surface area (Å²) >= 11 is 0. The molecule has 34 heavy (non-hydrogen) atoms. The van der Waals surface area contributed by atoms with E-state index in [0.717, 1.165) is 29.7 Å². The Morgan fingerprint density at radius 2 is 1.79 bits per heavy atom. The average molecular weight is 453 g/mol. The number of piperidine rings is 2. The van der Waals surface area contributed by atoms with Crippen molar-refractivity contribution in [1.82, 2.24) is 14.9 Å². The van der Waals surface area contributed by atoms with Gasteiger partial charge in [0, 0.05) is 35.7 Å². The van der Waals surface area contributed by atoms with Crippen LogP contribution in [0.1, 0.15) is 53.9 Å². The minimum atomic E-state index is -0.188. The van der Waals surface area contributed by atoms with Gasteiger partial charge in [0.2, 0.25) is 0 Å². The Morgan fingerprint density at radius 3 is 2.59 bits per heavy atom. The van der Waals surface area contributed by atoms with Crippen LogP contribution in [0.5, 0.6) is 0 Å². The van der Waals surface area contributed by atoms with Gasteiger partial charge in [0.1, 0.15) is 5.52 Å². The van der Waals surface area contributed by atoms with Crippen molar-refractivity contribution in [2.75, 3.05) is 12.4 Å². The summed E-state index contributed by atoms with van der Waals surface area (Å²) in [7, 11) is 2.29. The summed E-state index contributed by atoms with van der Waals surface area (Å²) in [6.45, 7) is 0. The lowest BCUT2D eigenvalue weighted by molar-refractivity contribution is 0.0556. The minimum Gasteiger partial charge on any atom is -0.443 e. The van der Waals surface area contributed by atoms with Gasteiger partial charge in [-0.3, -0.25) is 9.78 Å². The molecule has 2 aliphatic rings.